The molecule has 88 valence electrons. The highest BCUT2D eigenvalue weighted by atomic mass is 32.1. The van der Waals surface area contributed by atoms with Crippen molar-refractivity contribution in [1.82, 2.24) is 0 Å². The van der Waals surface area contributed by atoms with E-state index in [9.17, 15) is 0 Å². The summed E-state index contributed by atoms with van der Waals surface area (Å²) in [6.07, 6.45) is 0. The Kier molecular flexibility index (Phi) is 2.08. The van der Waals surface area contributed by atoms with Crippen molar-refractivity contribution < 1.29 is 0 Å². The van der Waals surface area contributed by atoms with Crippen LogP contribution in [0.5, 0.6) is 0 Å². The van der Waals surface area contributed by atoms with Gasteiger partial charge in [0.2, 0.25) is 0 Å². The van der Waals surface area contributed by atoms with Crippen LogP contribution in [0.2, 0.25) is 0 Å². The normalized spacial score (nSPS) is 11.9. The number of benzene rings is 2. The van der Waals surface area contributed by atoms with Gasteiger partial charge < -0.3 is 0 Å². The van der Waals surface area contributed by atoms with E-state index in [4.69, 9.17) is 0 Å². The second-order valence-electron chi connectivity index (χ2n) is 4.84. The van der Waals surface area contributed by atoms with E-state index in [2.05, 4.69) is 50.2 Å². The highest BCUT2D eigenvalue weighted by molar-refractivity contribution is 7.19. The first-order valence-electron chi connectivity index (χ1n) is 6.03. The predicted molar refractivity (Wildman–Crippen MR) is 84.2 cm³/mol. The van der Waals surface area contributed by atoms with Gasteiger partial charge in [-0.1, -0.05) is 0 Å². The Morgan fingerprint density at radius 2 is 1.00 bits per heavy atom. The number of aryl methyl sites for hydroxylation is 2. The van der Waals surface area contributed by atoms with Crippen molar-refractivity contribution in [3.63, 3.8) is 0 Å². The fourth-order valence-corrected chi connectivity index (χ4v) is 4.50. The molecular formula is C16H12S2. The van der Waals surface area contributed by atoms with Gasteiger partial charge in [0.05, 0.1) is 0 Å². The van der Waals surface area contributed by atoms with E-state index in [0.29, 0.717) is 0 Å². The average Bonchev–Trinajstić information content (AvgIpc) is 2.82. The van der Waals surface area contributed by atoms with E-state index >= 15 is 0 Å². The van der Waals surface area contributed by atoms with Gasteiger partial charge in [0, 0.05) is 19.2 Å². The summed E-state index contributed by atoms with van der Waals surface area (Å²) >= 11 is 3.76. The van der Waals surface area contributed by atoms with Crippen LogP contribution in [-0.2, 0) is 0 Å². The Morgan fingerprint density at radius 3 is 1.44 bits per heavy atom. The van der Waals surface area contributed by atoms with Crippen LogP contribution in [-0.4, -0.2) is 0 Å². The zero-order valence-corrected chi connectivity index (χ0v) is 11.9. The van der Waals surface area contributed by atoms with Crippen molar-refractivity contribution in [2.24, 2.45) is 0 Å². The van der Waals surface area contributed by atoms with Crippen LogP contribution in [0.4, 0.5) is 0 Å². The Bertz CT molecular complexity index is 752. The molecule has 0 N–H and O–H groups in total. The smallest absolute Gasteiger partial charge is 0.0351 e. The molecule has 4 aromatic rings. The molecule has 0 fully saturated rings. The minimum absolute atomic E-state index is 1.36. The highest BCUT2D eigenvalue weighted by Crippen LogP contribution is 2.34. The zero-order valence-electron chi connectivity index (χ0n) is 10.3. The van der Waals surface area contributed by atoms with E-state index in [1.165, 1.54) is 40.7 Å². The van der Waals surface area contributed by atoms with Crippen molar-refractivity contribution in [2.45, 2.75) is 13.8 Å². The Labute approximate surface area is 113 Å². The van der Waals surface area contributed by atoms with Gasteiger partial charge in [-0.15, -0.1) is 22.7 Å². The Morgan fingerprint density at radius 1 is 0.556 bits per heavy atom. The second kappa shape index (κ2) is 3.56. The molecule has 0 radical (unpaired) electrons. The number of rotatable bonds is 0. The molecule has 2 heteroatoms. The molecule has 0 saturated carbocycles. The Hall–Kier alpha value is -1.38. The predicted octanol–water partition coefficient (Wildman–Crippen LogP) is 5.89. The third kappa shape index (κ3) is 1.49. The molecule has 0 atom stereocenters. The topological polar surface area (TPSA) is 0 Å². The average molecular weight is 268 g/mol. The van der Waals surface area contributed by atoms with Gasteiger partial charge >= 0.3 is 0 Å². The van der Waals surface area contributed by atoms with Crippen molar-refractivity contribution in [2.75, 3.05) is 0 Å². The van der Waals surface area contributed by atoms with Gasteiger partial charge in [-0.05, 0) is 71.8 Å². The molecule has 0 amide bonds. The molecule has 2 aromatic heterocycles. The van der Waals surface area contributed by atoms with Gasteiger partial charge in [0.15, 0.2) is 0 Å². The maximum absolute atomic E-state index is 2.33. The first-order valence-corrected chi connectivity index (χ1v) is 7.66. The van der Waals surface area contributed by atoms with Gasteiger partial charge in [0.25, 0.3) is 0 Å². The lowest BCUT2D eigenvalue weighted by molar-refractivity contribution is 1.66. The minimum Gasteiger partial charge on any atom is -0.141 e. The molecule has 2 heterocycles. The van der Waals surface area contributed by atoms with Gasteiger partial charge in [0.1, 0.15) is 0 Å². The molecule has 0 spiro atoms. The van der Waals surface area contributed by atoms with Crippen LogP contribution >= 0.6 is 22.7 Å². The lowest BCUT2D eigenvalue weighted by atomic mass is 10.1. The Balaban J connectivity index is 2.17. The van der Waals surface area contributed by atoms with Crippen molar-refractivity contribution in [3.8, 4) is 0 Å². The van der Waals surface area contributed by atoms with Gasteiger partial charge in [-0.25, -0.2) is 0 Å². The lowest BCUT2D eigenvalue weighted by Gasteiger charge is -1.99. The zero-order chi connectivity index (χ0) is 12.3. The molecular weight excluding hydrogens is 256 g/mol. The maximum atomic E-state index is 2.33. The van der Waals surface area contributed by atoms with E-state index in [1.807, 2.05) is 22.7 Å². The molecule has 4 rings (SSSR count). The largest absolute Gasteiger partial charge is 0.141 e. The van der Waals surface area contributed by atoms with Crippen molar-refractivity contribution in [1.29, 1.82) is 0 Å². The molecule has 2 aromatic carbocycles. The van der Waals surface area contributed by atoms with E-state index in [1.54, 1.807) is 0 Å². The summed E-state index contributed by atoms with van der Waals surface area (Å²) in [4.78, 5) is 2.77. The number of thiophene rings is 2. The number of hydrogen-bond donors (Lipinski definition) is 0. The van der Waals surface area contributed by atoms with Crippen molar-refractivity contribution in [3.05, 3.63) is 46.2 Å². The van der Waals surface area contributed by atoms with E-state index < -0.39 is 0 Å². The highest BCUT2D eigenvalue weighted by Gasteiger charge is 2.05. The summed E-state index contributed by atoms with van der Waals surface area (Å²) in [6, 6.07) is 13.9. The number of hydrogen-bond acceptors (Lipinski definition) is 2. The van der Waals surface area contributed by atoms with Crippen LogP contribution in [0, 0.1) is 13.8 Å². The van der Waals surface area contributed by atoms with Gasteiger partial charge in [-0.2, -0.15) is 0 Å². The number of fused-ring (bicyclic) bond motifs is 3. The molecule has 0 nitrogen and oxygen atoms in total. The van der Waals surface area contributed by atoms with Crippen LogP contribution < -0.4 is 0 Å². The lowest BCUT2D eigenvalue weighted by Crippen LogP contribution is -1.72. The monoisotopic (exact) mass is 268 g/mol. The standard InChI is InChI=1S/C16H12S2/c1-9-3-13-5-11-8-16-14(4-10(2)18-16)6-12(11)7-15(13)17-9/h3-8H,1-2H3. The van der Waals surface area contributed by atoms with Gasteiger partial charge in [-0.3, -0.25) is 0 Å². The maximum Gasteiger partial charge on any atom is 0.0351 e. The molecule has 0 saturated heterocycles. The SMILES string of the molecule is Cc1cc2cc3cc4sc(C)cc4cc3cc2s1. The van der Waals surface area contributed by atoms with Crippen LogP contribution in [0.15, 0.2) is 36.4 Å². The first kappa shape index (κ1) is 10.5. The van der Waals surface area contributed by atoms with E-state index in [0.717, 1.165) is 0 Å². The molecule has 0 aliphatic heterocycles. The van der Waals surface area contributed by atoms with Crippen LogP contribution in [0.3, 0.4) is 0 Å². The summed E-state index contributed by atoms with van der Waals surface area (Å²) in [5.41, 5.74) is 0. The minimum atomic E-state index is 1.36. The van der Waals surface area contributed by atoms with Crippen molar-refractivity contribution >= 4 is 53.6 Å². The summed E-state index contributed by atoms with van der Waals surface area (Å²) in [5, 5.41) is 5.46. The molecule has 0 unspecified atom stereocenters. The van der Waals surface area contributed by atoms with Crippen LogP contribution in [0.1, 0.15) is 9.75 Å². The molecule has 0 aliphatic rings. The summed E-state index contributed by atoms with van der Waals surface area (Å²) in [7, 11) is 0. The second-order valence-corrected chi connectivity index (χ2v) is 7.42. The van der Waals surface area contributed by atoms with E-state index in [-0.39, 0.29) is 0 Å². The third-order valence-corrected chi connectivity index (χ3v) is 5.38. The fraction of sp³-hybridized carbons (Fsp3) is 0.125. The summed E-state index contributed by atoms with van der Waals surface area (Å²) in [6.45, 7) is 4.36. The third-order valence-electron chi connectivity index (χ3n) is 3.36. The molecule has 0 aliphatic carbocycles. The fourth-order valence-electron chi connectivity index (χ4n) is 2.59. The summed E-state index contributed by atoms with van der Waals surface area (Å²) in [5.74, 6) is 0. The first-order chi connectivity index (χ1) is 8.69. The van der Waals surface area contributed by atoms with Crippen LogP contribution in [0.25, 0.3) is 30.9 Å². The summed E-state index contributed by atoms with van der Waals surface area (Å²) < 4.78 is 2.79. The molecule has 18 heavy (non-hydrogen) atoms. The quantitative estimate of drug-likeness (QED) is 0.373. The molecule has 0 bridgehead atoms.